The third-order valence-electron chi connectivity index (χ3n) is 4.30. The van der Waals surface area contributed by atoms with Crippen LogP contribution in [0.4, 0.5) is 3.89 Å². The normalized spacial score (nSPS) is 37.5. The van der Waals surface area contributed by atoms with Crippen molar-refractivity contribution in [2.75, 3.05) is 7.11 Å². The predicted molar refractivity (Wildman–Crippen MR) is 59.5 cm³/mol. The first-order valence-electron chi connectivity index (χ1n) is 5.88. The predicted octanol–water partition coefficient (Wildman–Crippen LogP) is 1.80. The molecule has 0 bridgehead atoms. The molecule has 2 aliphatic carbocycles. The highest BCUT2D eigenvalue weighted by molar-refractivity contribution is 7.87. The molecule has 0 aliphatic heterocycles. The van der Waals surface area contributed by atoms with E-state index < -0.39 is 15.5 Å². The summed E-state index contributed by atoms with van der Waals surface area (Å²) in [5.41, 5.74) is -0.0334. The summed E-state index contributed by atoms with van der Waals surface area (Å²) in [5, 5.41) is -0.808. The molecule has 0 amide bonds. The minimum absolute atomic E-state index is 0.0334. The van der Waals surface area contributed by atoms with Gasteiger partial charge in [-0.15, -0.1) is 3.89 Å². The summed E-state index contributed by atoms with van der Waals surface area (Å²) in [6.45, 7) is 0. The fourth-order valence-electron chi connectivity index (χ4n) is 3.15. The molecule has 2 rings (SSSR count). The maximum Gasteiger partial charge on any atom is 0.308 e. The molecule has 0 atom stereocenters. The zero-order valence-electron chi connectivity index (χ0n) is 9.82. The first kappa shape index (κ1) is 12.8. The Hall–Kier alpha value is -0.650. The van der Waals surface area contributed by atoms with Crippen molar-refractivity contribution in [1.82, 2.24) is 0 Å². The summed E-state index contributed by atoms with van der Waals surface area (Å²) in [6, 6.07) is 0. The van der Waals surface area contributed by atoms with E-state index in [2.05, 4.69) is 0 Å². The van der Waals surface area contributed by atoms with Crippen LogP contribution in [-0.4, -0.2) is 26.7 Å². The molecule has 6 heteroatoms. The van der Waals surface area contributed by atoms with Crippen molar-refractivity contribution >= 4 is 16.2 Å². The third kappa shape index (κ3) is 2.46. The Balaban J connectivity index is 1.87. The number of esters is 1. The molecule has 0 saturated heterocycles. The van der Waals surface area contributed by atoms with E-state index in [4.69, 9.17) is 4.74 Å². The highest BCUT2D eigenvalue weighted by Gasteiger charge is 2.51. The Morgan fingerprint density at radius 2 is 1.82 bits per heavy atom. The lowest BCUT2D eigenvalue weighted by atomic mass is 9.59. The molecular formula is C11H17FO4S. The molecule has 0 radical (unpaired) electrons. The zero-order valence-corrected chi connectivity index (χ0v) is 10.6. The smallest absolute Gasteiger partial charge is 0.308 e. The standard InChI is InChI=1S/C11H17FO4S/c1-16-10(13)8-2-4-11(5-3-8)6-9(7-11)17(12,14)15/h8-9H,2-7H2,1H3. The van der Waals surface area contributed by atoms with Gasteiger partial charge < -0.3 is 4.74 Å². The third-order valence-corrected chi connectivity index (χ3v) is 5.43. The van der Waals surface area contributed by atoms with Crippen LogP contribution in [0.15, 0.2) is 0 Å². The zero-order chi connectivity index (χ0) is 12.7. The van der Waals surface area contributed by atoms with E-state index in [9.17, 15) is 17.1 Å². The van der Waals surface area contributed by atoms with Gasteiger partial charge in [0.1, 0.15) is 0 Å². The van der Waals surface area contributed by atoms with Crippen molar-refractivity contribution in [3.63, 3.8) is 0 Å². The van der Waals surface area contributed by atoms with Crippen LogP contribution in [0, 0.1) is 11.3 Å². The van der Waals surface area contributed by atoms with E-state index in [0.717, 1.165) is 25.7 Å². The summed E-state index contributed by atoms with van der Waals surface area (Å²) >= 11 is 0. The quantitative estimate of drug-likeness (QED) is 0.563. The molecule has 0 aromatic rings. The van der Waals surface area contributed by atoms with Crippen LogP contribution in [0.1, 0.15) is 38.5 Å². The fourth-order valence-corrected chi connectivity index (χ4v) is 4.25. The highest BCUT2D eigenvalue weighted by atomic mass is 32.3. The minimum atomic E-state index is -4.37. The molecule has 0 aromatic heterocycles. The molecule has 0 N–H and O–H groups in total. The van der Waals surface area contributed by atoms with Gasteiger partial charge in [0.15, 0.2) is 0 Å². The van der Waals surface area contributed by atoms with E-state index in [1.54, 1.807) is 0 Å². The number of ether oxygens (including phenoxy) is 1. The van der Waals surface area contributed by atoms with E-state index in [-0.39, 0.29) is 17.3 Å². The van der Waals surface area contributed by atoms with Crippen molar-refractivity contribution in [3.8, 4) is 0 Å². The number of methoxy groups -OCH3 is 1. The summed E-state index contributed by atoms with van der Waals surface area (Å²) < 4.78 is 38.9. The molecule has 4 nitrogen and oxygen atoms in total. The van der Waals surface area contributed by atoms with Gasteiger partial charge in [-0.25, -0.2) is 0 Å². The van der Waals surface area contributed by atoms with Gasteiger partial charge in [0.25, 0.3) is 0 Å². The fraction of sp³-hybridized carbons (Fsp3) is 0.909. The summed E-state index contributed by atoms with van der Waals surface area (Å²) in [4.78, 5) is 11.3. The SMILES string of the molecule is COC(=O)C1CCC2(CC1)CC(S(=O)(=O)F)C2. The highest BCUT2D eigenvalue weighted by Crippen LogP contribution is 2.55. The lowest BCUT2D eigenvalue weighted by Gasteiger charge is -2.49. The van der Waals surface area contributed by atoms with E-state index in [1.807, 2.05) is 0 Å². The van der Waals surface area contributed by atoms with Gasteiger partial charge in [0, 0.05) is 0 Å². The molecule has 1 spiro atoms. The first-order valence-corrected chi connectivity index (χ1v) is 7.32. The molecule has 98 valence electrons. The number of hydrogen-bond acceptors (Lipinski definition) is 4. The Labute approximate surface area is 101 Å². The second-order valence-electron chi connectivity index (χ2n) is 5.30. The van der Waals surface area contributed by atoms with Gasteiger partial charge in [-0.2, -0.15) is 8.42 Å². The van der Waals surface area contributed by atoms with Crippen molar-refractivity contribution in [2.45, 2.75) is 43.8 Å². The van der Waals surface area contributed by atoms with E-state index >= 15 is 0 Å². The van der Waals surface area contributed by atoms with Crippen molar-refractivity contribution < 1.29 is 21.8 Å². The topological polar surface area (TPSA) is 60.4 Å². The van der Waals surface area contributed by atoms with Gasteiger partial charge in [0.05, 0.1) is 18.3 Å². The van der Waals surface area contributed by atoms with Gasteiger partial charge in [0.2, 0.25) is 0 Å². The van der Waals surface area contributed by atoms with Gasteiger partial charge in [-0.05, 0) is 43.9 Å². The summed E-state index contributed by atoms with van der Waals surface area (Å²) in [6.07, 6.45) is 3.90. The van der Waals surface area contributed by atoms with Crippen molar-refractivity contribution in [1.29, 1.82) is 0 Å². The Bertz CT molecular complexity index is 401. The number of halogens is 1. The van der Waals surface area contributed by atoms with Crippen LogP contribution in [-0.2, 0) is 19.8 Å². The van der Waals surface area contributed by atoms with Crippen LogP contribution < -0.4 is 0 Å². The van der Waals surface area contributed by atoms with Crippen LogP contribution in [0.3, 0.4) is 0 Å². The number of rotatable bonds is 2. The van der Waals surface area contributed by atoms with Crippen LogP contribution >= 0.6 is 0 Å². The molecule has 17 heavy (non-hydrogen) atoms. The molecule has 2 aliphatic rings. The molecule has 2 fully saturated rings. The van der Waals surface area contributed by atoms with Crippen molar-refractivity contribution in [3.05, 3.63) is 0 Å². The van der Waals surface area contributed by atoms with E-state index in [1.165, 1.54) is 7.11 Å². The molecular weight excluding hydrogens is 247 g/mol. The van der Waals surface area contributed by atoms with Crippen LogP contribution in [0.5, 0.6) is 0 Å². The Kier molecular flexibility index (Phi) is 3.18. The molecule has 0 unspecified atom stereocenters. The lowest BCUT2D eigenvalue weighted by Crippen LogP contribution is -2.46. The second kappa shape index (κ2) is 4.23. The molecule has 0 aromatic carbocycles. The average molecular weight is 264 g/mol. The van der Waals surface area contributed by atoms with Gasteiger partial charge in [-0.3, -0.25) is 4.79 Å². The lowest BCUT2D eigenvalue weighted by molar-refractivity contribution is -0.148. The maximum atomic E-state index is 12.7. The maximum absolute atomic E-state index is 12.7. The summed E-state index contributed by atoms with van der Waals surface area (Å²) in [7, 11) is -2.99. The first-order chi connectivity index (χ1) is 7.86. The largest absolute Gasteiger partial charge is 0.469 e. The van der Waals surface area contributed by atoms with Crippen LogP contribution in [0.25, 0.3) is 0 Å². The van der Waals surface area contributed by atoms with Gasteiger partial charge in [-0.1, -0.05) is 0 Å². The van der Waals surface area contributed by atoms with Crippen LogP contribution in [0.2, 0.25) is 0 Å². The van der Waals surface area contributed by atoms with Crippen molar-refractivity contribution in [2.24, 2.45) is 11.3 Å². The minimum Gasteiger partial charge on any atom is -0.469 e. The average Bonchev–Trinajstić information content (AvgIpc) is 2.23. The number of carbonyl (C=O) groups is 1. The second-order valence-corrected chi connectivity index (χ2v) is 6.92. The molecule has 0 heterocycles. The Morgan fingerprint density at radius 1 is 1.29 bits per heavy atom. The van der Waals surface area contributed by atoms with Gasteiger partial charge >= 0.3 is 16.2 Å². The van der Waals surface area contributed by atoms with E-state index in [0.29, 0.717) is 12.8 Å². The number of hydrogen-bond donors (Lipinski definition) is 0. The Morgan fingerprint density at radius 3 is 2.24 bits per heavy atom. The summed E-state index contributed by atoms with van der Waals surface area (Å²) in [5.74, 6) is -0.250. The molecule has 2 saturated carbocycles. The number of carbonyl (C=O) groups excluding carboxylic acids is 1. The monoisotopic (exact) mass is 264 g/mol.